The topological polar surface area (TPSA) is 97.1 Å². The number of nitrogens with one attached hydrogen (secondary N) is 1. The first-order chi connectivity index (χ1) is 14.7. The molecule has 7 nitrogen and oxygen atoms in total. The van der Waals surface area contributed by atoms with Crippen molar-refractivity contribution in [3.05, 3.63) is 35.3 Å². The lowest BCUT2D eigenvalue weighted by molar-refractivity contribution is -0.156. The molecule has 1 aliphatic carbocycles. The molecule has 1 aliphatic rings. The fraction of sp³-hybridized carbons (Fsp3) is 0.524. The number of fused-ring (bicyclic) bond motifs is 3. The van der Waals surface area contributed by atoms with Gasteiger partial charge >= 0.3 is 12.1 Å². The van der Waals surface area contributed by atoms with Crippen molar-refractivity contribution >= 4 is 12.3 Å². The third kappa shape index (κ3) is 6.61. The number of aromatic nitrogens is 3. The van der Waals surface area contributed by atoms with Crippen molar-refractivity contribution in [1.29, 1.82) is 0 Å². The molecule has 0 unspecified atom stereocenters. The number of aryl methyl sites for hydroxylation is 1. The molecule has 0 amide bonds. The smallest absolute Gasteiger partial charge is 0.446 e. The Bertz CT molecular complexity index is 892. The van der Waals surface area contributed by atoms with Gasteiger partial charge in [-0.2, -0.15) is 18.3 Å². The molecule has 0 atom stereocenters. The van der Waals surface area contributed by atoms with Crippen LogP contribution in [0.3, 0.4) is 0 Å². The van der Waals surface area contributed by atoms with Crippen molar-refractivity contribution < 1.29 is 27.9 Å². The molecule has 0 saturated carbocycles. The molecule has 0 saturated heterocycles. The number of carboxylic acids is 1. The number of hydrogen-bond donors (Lipinski definition) is 2. The van der Waals surface area contributed by atoms with Crippen LogP contribution in [0.1, 0.15) is 48.3 Å². The summed E-state index contributed by atoms with van der Waals surface area (Å²) in [6, 6.07) is 1.93. The second-order valence-electron chi connectivity index (χ2n) is 7.28. The van der Waals surface area contributed by atoms with E-state index in [1.165, 1.54) is 0 Å². The zero-order valence-electron chi connectivity index (χ0n) is 17.6. The van der Waals surface area contributed by atoms with E-state index in [0.717, 1.165) is 54.7 Å². The number of nitrogens with zero attached hydrogens (tertiary/aromatic N) is 3. The molecule has 170 valence electrons. The predicted molar refractivity (Wildman–Crippen MR) is 109 cm³/mol. The summed E-state index contributed by atoms with van der Waals surface area (Å²) < 4.78 is 32.9. The largest absolute Gasteiger partial charge is 0.477 e. The van der Waals surface area contributed by atoms with E-state index in [0.29, 0.717) is 24.6 Å². The maximum absolute atomic E-state index is 11.8. The van der Waals surface area contributed by atoms with Gasteiger partial charge in [0.05, 0.1) is 12.2 Å². The molecule has 0 fully saturated rings. The predicted octanol–water partition coefficient (Wildman–Crippen LogP) is 3.52. The molecule has 3 rings (SSSR count). The highest BCUT2D eigenvalue weighted by molar-refractivity contribution is 5.90. The fourth-order valence-corrected chi connectivity index (χ4v) is 3.54. The van der Waals surface area contributed by atoms with Crippen LogP contribution in [0, 0.1) is 5.92 Å². The first-order valence-corrected chi connectivity index (χ1v) is 10.2. The van der Waals surface area contributed by atoms with E-state index in [9.17, 15) is 23.1 Å². The van der Waals surface area contributed by atoms with Crippen LogP contribution in [0.2, 0.25) is 0 Å². The van der Waals surface area contributed by atoms with E-state index in [1.54, 1.807) is 10.9 Å². The van der Waals surface area contributed by atoms with Crippen molar-refractivity contribution in [2.24, 2.45) is 5.92 Å². The van der Waals surface area contributed by atoms with Crippen LogP contribution in [0.4, 0.5) is 13.2 Å². The number of halogens is 3. The summed E-state index contributed by atoms with van der Waals surface area (Å²) in [5.74, 6) is -0.226. The van der Waals surface area contributed by atoms with Crippen LogP contribution >= 0.6 is 0 Å². The summed E-state index contributed by atoms with van der Waals surface area (Å²) in [5.41, 5.74) is 4.15. The van der Waals surface area contributed by atoms with E-state index >= 15 is 0 Å². The van der Waals surface area contributed by atoms with E-state index in [1.807, 2.05) is 12.3 Å². The fourth-order valence-electron chi connectivity index (χ4n) is 3.54. The average Bonchev–Trinajstić information content (AvgIpc) is 3.13. The summed E-state index contributed by atoms with van der Waals surface area (Å²) in [5, 5.41) is 17.8. The van der Waals surface area contributed by atoms with Gasteiger partial charge in [-0.1, -0.05) is 26.7 Å². The number of carbonyl (C=O) groups excluding carboxylic acids is 1. The minimum absolute atomic E-state index is 0.335. The number of pyridine rings is 1. The van der Waals surface area contributed by atoms with Crippen molar-refractivity contribution in [2.45, 2.75) is 52.3 Å². The highest BCUT2D eigenvalue weighted by Gasteiger charge is 2.28. The van der Waals surface area contributed by atoms with Gasteiger partial charge in [-0.25, -0.2) is 4.79 Å². The summed E-state index contributed by atoms with van der Waals surface area (Å²) >= 11 is 0. The third-order valence-electron chi connectivity index (χ3n) is 5.28. The average molecular weight is 440 g/mol. The minimum atomic E-state index is -4.64. The molecule has 0 aliphatic heterocycles. The number of hydrogen-bond acceptors (Lipinski definition) is 5. The van der Waals surface area contributed by atoms with Crippen LogP contribution in [0.15, 0.2) is 18.5 Å². The number of carbonyl (C=O) groups is 2. The molecule has 2 aromatic heterocycles. The Morgan fingerprint density at radius 3 is 2.58 bits per heavy atom. The van der Waals surface area contributed by atoms with Gasteiger partial charge in [0.25, 0.3) is 0 Å². The Hall–Kier alpha value is -2.75. The van der Waals surface area contributed by atoms with Crippen LogP contribution in [0.5, 0.6) is 0 Å². The monoisotopic (exact) mass is 440 g/mol. The quantitative estimate of drug-likeness (QED) is 0.482. The second kappa shape index (κ2) is 11.0. The van der Waals surface area contributed by atoms with Crippen LogP contribution in [0.25, 0.3) is 11.3 Å². The van der Waals surface area contributed by atoms with Gasteiger partial charge in [0.15, 0.2) is 0 Å². The molecule has 0 bridgehead atoms. The molecular formula is C21H27F3N4O3. The maximum Gasteiger partial charge on any atom is 0.446 e. The third-order valence-corrected chi connectivity index (χ3v) is 5.28. The Balaban J connectivity index is 0.000000501. The molecule has 2 heterocycles. The molecule has 31 heavy (non-hydrogen) atoms. The number of carboxylic acid groups (broad SMARTS) is 1. The standard InChI is InChI=1S/C19H26N4O2.C2HF3O/c1-3-13(4-2)11-21-9-10-23-18(19(24)25)16-6-5-14-12-20-8-7-15(14)17(16)22-23;3-2(4,5)1-6/h7-8,12-13,21H,3-6,9-11H2,1-2H3,(H,24,25);1H. The Labute approximate surface area is 178 Å². The molecule has 10 heteroatoms. The molecule has 0 spiro atoms. The van der Waals surface area contributed by atoms with Crippen molar-refractivity contribution in [1.82, 2.24) is 20.1 Å². The first-order valence-electron chi connectivity index (χ1n) is 10.2. The van der Waals surface area contributed by atoms with E-state index in [4.69, 9.17) is 4.79 Å². The number of alkyl halides is 3. The van der Waals surface area contributed by atoms with Gasteiger partial charge in [0.2, 0.25) is 6.29 Å². The Kier molecular flexibility index (Phi) is 8.73. The lowest BCUT2D eigenvalue weighted by Crippen LogP contribution is -2.27. The van der Waals surface area contributed by atoms with E-state index < -0.39 is 18.4 Å². The van der Waals surface area contributed by atoms with E-state index in [2.05, 4.69) is 29.2 Å². The van der Waals surface area contributed by atoms with Gasteiger partial charge in [0, 0.05) is 30.1 Å². The first kappa shape index (κ1) is 24.5. The normalized spacial score (nSPS) is 12.6. The van der Waals surface area contributed by atoms with Gasteiger partial charge in [-0.3, -0.25) is 14.5 Å². The number of rotatable bonds is 8. The summed E-state index contributed by atoms with van der Waals surface area (Å²) in [7, 11) is 0. The van der Waals surface area contributed by atoms with Gasteiger partial charge in [-0.05, 0) is 36.9 Å². The number of aromatic carboxylic acids is 1. The molecule has 0 radical (unpaired) electrons. The maximum atomic E-state index is 11.8. The van der Waals surface area contributed by atoms with Crippen molar-refractivity contribution in [3.63, 3.8) is 0 Å². The van der Waals surface area contributed by atoms with Gasteiger partial charge in [-0.15, -0.1) is 0 Å². The van der Waals surface area contributed by atoms with Crippen molar-refractivity contribution in [3.8, 4) is 11.3 Å². The van der Waals surface area contributed by atoms with Crippen LogP contribution in [-0.2, 0) is 24.2 Å². The van der Waals surface area contributed by atoms with Gasteiger partial charge in [0.1, 0.15) is 5.69 Å². The molecule has 0 aromatic carbocycles. The minimum Gasteiger partial charge on any atom is -0.477 e. The Morgan fingerprint density at radius 2 is 2.00 bits per heavy atom. The molecule has 2 aromatic rings. The SMILES string of the molecule is CCC(CC)CNCCn1nc2c(c1C(=O)O)CCc1cnccc1-2.O=CC(F)(F)F. The zero-order valence-corrected chi connectivity index (χ0v) is 17.6. The van der Waals surface area contributed by atoms with Gasteiger partial charge < -0.3 is 10.4 Å². The highest BCUT2D eigenvalue weighted by atomic mass is 19.4. The van der Waals surface area contributed by atoms with Crippen molar-refractivity contribution in [2.75, 3.05) is 13.1 Å². The number of aldehydes is 1. The summed E-state index contributed by atoms with van der Waals surface area (Å²) in [4.78, 5) is 24.7. The molecule has 2 N–H and O–H groups in total. The zero-order chi connectivity index (χ0) is 23.0. The van der Waals surface area contributed by atoms with E-state index in [-0.39, 0.29) is 0 Å². The summed E-state index contributed by atoms with van der Waals surface area (Å²) in [6.45, 7) is 6.65. The lowest BCUT2D eigenvalue weighted by Gasteiger charge is -2.14. The van der Waals surface area contributed by atoms with Crippen LogP contribution in [-0.4, -0.2) is 51.4 Å². The highest BCUT2D eigenvalue weighted by Crippen LogP contribution is 2.34. The second-order valence-corrected chi connectivity index (χ2v) is 7.28. The lowest BCUT2D eigenvalue weighted by atomic mass is 9.90. The summed E-state index contributed by atoms with van der Waals surface area (Å²) in [6.07, 6.45) is 1.73. The van der Waals surface area contributed by atoms with Crippen LogP contribution < -0.4 is 5.32 Å². The Morgan fingerprint density at radius 1 is 1.32 bits per heavy atom. The molecular weight excluding hydrogens is 413 g/mol.